The number of aliphatic hydroxyl groups excluding tert-OH is 1. The molecule has 3 nitrogen and oxygen atoms in total. The first-order valence-electron chi connectivity index (χ1n) is 7.58. The van der Waals surface area contributed by atoms with Crippen LogP contribution in [-0.2, 0) is 0 Å². The van der Waals surface area contributed by atoms with Crippen molar-refractivity contribution < 1.29 is 5.11 Å². The number of aliphatic hydroxyl groups is 1. The Labute approximate surface area is 126 Å². The first-order valence-corrected chi connectivity index (χ1v) is 7.96. The molecule has 1 saturated heterocycles. The van der Waals surface area contributed by atoms with Crippen LogP contribution in [0.5, 0.6) is 0 Å². The lowest BCUT2D eigenvalue weighted by Gasteiger charge is -2.36. The molecule has 3 rings (SSSR count). The lowest BCUT2D eigenvalue weighted by atomic mass is 10.1. The van der Waals surface area contributed by atoms with E-state index in [0.29, 0.717) is 5.02 Å². The SMILES string of the molecule is CC(O)c1ccc(N2CCN(CC3CC3)CC2)cc1Cl. The molecule has 0 amide bonds. The smallest absolute Gasteiger partial charge is 0.0776 e. The van der Waals surface area contributed by atoms with Gasteiger partial charge in [0.25, 0.3) is 0 Å². The Morgan fingerprint density at radius 2 is 1.95 bits per heavy atom. The zero-order chi connectivity index (χ0) is 14.1. The van der Waals surface area contributed by atoms with Gasteiger partial charge in [-0.05, 0) is 43.4 Å². The summed E-state index contributed by atoms with van der Waals surface area (Å²) in [6, 6.07) is 6.00. The fourth-order valence-corrected chi connectivity index (χ4v) is 3.24. The molecule has 1 heterocycles. The van der Waals surface area contributed by atoms with Crippen LogP contribution in [0.15, 0.2) is 18.2 Å². The maximum atomic E-state index is 9.63. The lowest BCUT2D eigenvalue weighted by Crippen LogP contribution is -2.47. The molecule has 1 atom stereocenters. The van der Waals surface area contributed by atoms with E-state index in [4.69, 9.17) is 11.6 Å². The third-order valence-electron chi connectivity index (χ3n) is 4.38. The monoisotopic (exact) mass is 294 g/mol. The third kappa shape index (κ3) is 3.27. The van der Waals surface area contributed by atoms with Crippen LogP contribution in [-0.4, -0.2) is 42.7 Å². The van der Waals surface area contributed by atoms with Crippen LogP contribution in [0.3, 0.4) is 0 Å². The molecule has 1 aromatic rings. The molecule has 1 aromatic carbocycles. The molecule has 0 spiro atoms. The topological polar surface area (TPSA) is 26.7 Å². The Balaban J connectivity index is 1.61. The van der Waals surface area contributed by atoms with Crippen molar-refractivity contribution in [3.05, 3.63) is 28.8 Å². The van der Waals surface area contributed by atoms with E-state index in [2.05, 4.69) is 15.9 Å². The molecular weight excluding hydrogens is 272 g/mol. The molecule has 110 valence electrons. The largest absolute Gasteiger partial charge is 0.389 e. The van der Waals surface area contributed by atoms with Gasteiger partial charge in [0.1, 0.15) is 0 Å². The normalized spacial score (nSPS) is 22.1. The minimum absolute atomic E-state index is 0.507. The molecule has 0 bridgehead atoms. The Hall–Kier alpha value is -0.770. The summed E-state index contributed by atoms with van der Waals surface area (Å²) in [5.41, 5.74) is 1.98. The van der Waals surface area contributed by atoms with Crippen molar-refractivity contribution in [1.29, 1.82) is 0 Å². The van der Waals surface area contributed by atoms with Crippen molar-refractivity contribution in [2.45, 2.75) is 25.9 Å². The van der Waals surface area contributed by atoms with E-state index in [1.165, 1.54) is 25.1 Å². The summed E-state index contributed by atoms with van der Waals surface area (Å²) < 4.78 is 0. The van der Waals surface area contributed by atoms with Crippen LogP contribution in [0.1, 0.15) is 31.4 Å². The van der Waals surface area contributed by atoms with Crippen molar-refractivity contribution in [3.63, 3.8) is 0 Å². The summed E-state index contributed by atoms with van der Waals surface area (Å²) in [5, 5.41) is 10.3. The van der Waals surface area contributed by atoms with E-state index in [-0.39, 0.29) is 0 Å². The number of rotatable bonds is 4. The average Bonchev–Trinajstić information content (AvgIpc) is 3.23. The second-order valence-corrected chi connectivity index (χ2v) is 6.52. The van der Waals surface area contributed by atoms with Crippen LogP contribution in [0, 0.1) is 5.92 Å². The Bertz CT molecular complexity index is 466. The minimum Gasteiger partial charge on any atom is -0.389 e. The van der Waals surface area contributed by atoms with Gasteiger partial charge in [-0.15, -0.1) is 0 Å². The first-order chi connectivity index (χ1) is 9.63. The Morgan fingerprint density at radius 3 is 2.50 bits per heavy atom. The third-order valence-corrected chi connectivity index (χ3v) is 4.71. The molecule has 4 heteroatoms. The second kappa shape index (κ2) is 5.92. The van der Waals surface area contributed by atoms with Crippen LogP contribution in [0.4, 0.5) is 5.69 Å². The lowest BCUT2D eigenvalue weighted by molar-refractivity contribution is 0.199. The maximum Gasteiger partial charge on any atom is 0.0776 e. The fourth-order valence-electron chi connectivity index (χ4n) is 2.91. The molecule has 1 saturated carbocycles. The number of anilines is 1. The maximum absolute atomic E-state index is 9.63. The standard InChI is InChI=1S/C16H23ClN2O/c1-12(20)15-5-4-14(10-16(15)17)19-8-6-18(7-9-19)11-13-2-3-13/h4-5,10,12-13,20H,2-3,6-9,11H2,1H3. The molecule has 1 N–H and O–H groups in total. The van der Waals surface area contributed by atoms with Crippen molar-refractivity contribution in [2.75, 3.05) is 37.6 Å². The minimum atomic E-state index is -0.507. The summed E-state index contributed by atoms with van der Waals surface area (Å²) in [7, 11) is 0. The average molecular weight is 295 g/mol. The predicted octanol–water partition coefficient (Wildman–Crippen LogP) is 2.93. The number of nitrogens with zero attached hydrogens (tertiary/aromatic N) is 2. The van der Waals surface area contributed by atoms with Gasteiger partial charge in [0.2, 0.25) is 0 Å². The number of piperazine rings is 1. The van der Waals surface area contributed by atoms with Crippen molar-refractivity contribution in [1.82, 2.24) is 4.90 Å². The van der Waals surface area contributed by atoms with E-state index in [0.717, 1.165) is 37.7 Å². The molecule has 0 aromatic heterocycles. The quantitative estimate of drug-likeness (QED) is 0.925. The zero-order valence-corrected chi connectivity index (χ0v) is 12.8. The molecule has 20 heavy (non-hydrogen) atoms. The van der Waals surface area contributed by atoms with Gasteiger partial charge in [0.15, 0.2) is 0 Å². The van der Waals surface area contributed by atoms with Crippen molar-refractivity contribution in [3.8, 4) is 0 Å². The van der Waals surface area contributed by atoms with Gasteiger partial charge in [0.05, 0.1) is 6.10 Å². The van der Waals surface area contributed by atoms with Gasteiger partial charge < -0.3 is 10.0 Å². The highest BCUT2D eigenvalue weighted by Crippen LogP contribution is 2.31. The molecular formula is C16H23ClN2O. The van der Waals surface area contributed by atoms with Gasteiger partial charge in [-0.25, -0.2) is 0 Å². The van der Waals surface area contributed by atoms with Gasteiger partial charge in [-0.3, -0.25) is 4.90 Å². The molecule has 1 unspecified atom stereocenters. The van der Waals surface area contributed by atoms with Crippen LogP contribution in [0.2, 0.25) is 5.02 Å². The van der Waals surface area contributed by atoms with E-state index in [1.807, 2.05) is 12.1 Å². The number of hydrogen-bond acceptors (Lipinski definition) is 3. The van der Waals surface area contributed by atoms with Crippen LogP contribution >= 0.6 is 11.6 Å². The van der Waals surface area contributed by atoms with Gasteiger partial charge in [-0.1, -0.05) is 17.7 Å². The van der Waals surface area contributed by atoms with Gasteiger partial charge >= 0.3 is 0 Å². The summed E-state index contributed by atoms with van der Waals surface area (Å²) in [5.74, 6) is 0.973. The van der Waals surface area contributed by atoms with Gasteiger partial charge in [-0.2, -0.15) is 0 Å². The van der Waals surface area contributed by atoms with E-state index in [1.54, 1.807) is 6.92 Å². The predicted molar refractivity (Wildman–Crippen MR) is 83.5 cm³/mol. The molecule has 0 radical (unpaired) electrons. The second-order valence-electron chi connectivity index (χ2n) is 6.11. The number of halogens is 1. The number of benzene rings is 1. The van der Waals surface area contributed by atoms with Crippen molar-refractivity contribution in [2.24, 2.45) is 5.92 Å². The molecule has 2 aliphatic rings. The number of hydrogen-bond donors (Lipinski definition) is 1. The summed E-state index contributed by atoms with van der Waals surface area (Å²) >= 11 is 6.25. The molecule has 2 fully saturated rings. The zero-order valence-electron chi connectivity index (χ0n) is 12.1. The van der Waals surface area contributed by atoms with E-state index in [9.17, 15) is 5.11 Å². The highest BCUT2D eigenvalue weighted by molar-refractivity contribution is 6.31. The highest BCUT2D eigenvalue weighted by atomic mass is 35.5. The first kappa shape index (κ1) is 14.2. The van der Waals surface area contributed by atoms with Crippen LogP contribution in [0.25, 0.3) is 0 Å². The fraction of sp³-hybridized carbons (Fsp3) is 0.625. The Kier molecular flexibility index (Phi) is 4.20. The molecule has 1 aliphatic heterocycles. The van der Waals surface area contributed by atoms with Crippen molar-refractivity contribution >= 4 is 17.3 Å². The van der Waals surface area contributed by atoms with Crippen LogP contribution < -0.4 is 4.90 Å². The van der Waals surface area contributed by atoms with Gasteiger partial charge in [0, 0.05) is 43.4 Å². The van der Waals surface area contributed by atoms with E-state index < -0.39 is 6.10 Å². The summed E-state index contributed by atoms with van der Waals surface area (Å²) in [6.45, 7) is 7.46. The molecule has 1 aliphatic carbocycles. The highest BCUT2D eigenvalue weighted by Gasteiger charge is 2.26. The summed E-state index contributed by atoms with van der Waals surface area (Å²) in [6.07, 6.45) is 2.35. The Morgan fingerprint density at radius 1 is 1.25 bits per heavy atom. The summed E-state index contributed by atoms with van der Waals surface area (Å²) in [4.78, 5) is 4.97. The van der Waals surface area contributed by atoms with E-state index >= 15 is 0 Å².